The molecule has 388 valence electrons. The number of aliphatic hydroxyl groups excluding tert-OH is 1. The normalized spacial score (nSPS) is 28.6. The molecule has 2 bridgehead atoms. The van der Waals surface area contributed by atoms with Crippen LogP contribution in [-0.2, 0) is 62.0 Å². The molecule has 4 aliphatic rings. The van der Waals surface area contributed by atoms with Gasteiger partial charge in [0.05, 0.1) is 29.6 Å². The number of hydrogen-bond acceptors (Lipinski definition) is 17. The number of carbonyl (C=O) groups is 9. The first-order valence-corrected chi connectivity index (χ1v) is 23.9. The molecule has 3 fully saturated rings. The smallest absolute Gasteiger partial charge is 0.350 e. The lowest BCUT2D eigenvalue weighted by Crippen LogP contribution is -2.82. The molecule has 1 heterocycles. The molecule has 73 heavy (non-hydrogen) atoms. The van der Waals surface area contributed by atoms with E-state index in [9.17, 15) is 43.8 Å². The van der Waals surface area contributed by atoms with Crippen LogP contribution in [0.25, 0.3) is 0 Å². The first kappa shape index (κ1) is 53.7. The number of amides is 2. The number of nitrogens with one attached hydrogen (secondary N) is 2. The summed E-state index contributed by atoms with van der Waals surface area (Å²) in [5.41, 5.74) is -7.82. The van der Waals surface area contributed by atoms with Crippen molar-refractivity contribution in [2.45, 2.75) is 128 Å². The van der Waals surface area contributed by atoms with Gasteiger partial charge in [0.25, 0.3) is 5.91 Å². The molecule has 19 heteroatoms. The molecular formula is C54H60N2O17. The number of ketones is 2. The van der Waals surface area contributed by atoms with Crippen molar-refractivity contribution in [3.05, 3.63) is 119 Å². The van der Waals surface area contributed by atoms with Crippen molar-refractivity contribution in [3.8, 4) is 0 Å². The van der Waals surface area contributed by atoms with Gasteiger partial charge >= 0.3 is 29.8 Å². The van der Waals surface area contributed by atoms with Crippen LogP contribution in [0.15, 0.2) is 102 Å². The Morgan fingerprint density at radius 3 is 1.96 bits per heavy atom. The number of esters is 5. The molecular weight excluding hydrogens is 949 g/mol. The van der Waals surface area contributed by atoms with Crippen LogP contribution in [0.5, 0.6) is 0 Å². The van der Waals surface area contributed by atoms with Gasteiger partial charge in [0.15, 0.2) is 17.5 Å². The van der Waals surface area contributed by atoms with Crippen molar-refractivity contribution in [1.29, 1.82) is 0 Å². The highest BCUT2D eigenvalue weighted by Crippen LogP contribution is 2.64. The first-order valence-electron chi connectivity index (χ1n) is 23.9. The van der Waals surface area contributed by atoms with E-state index >= 15 is 9.59 Å². The lowest BCUT2D eigenvalue weighted by molar-refractivity contribution is -0.346. The van der Waals surface area contributed by atoms with Gasteiger partial charge in [0, 0.05) is 50.5 Å². The summed E-state index contributed by atoms with van der Waals surface area (Å²) in [4.78, 5) is 124. The number of fused-ring (bicyclic) bond motifs is 5. The zero-order valence-electron chi connectivity index (χ0n) is 41.5. The molecule has 19 nitrogen and oxygen atoms in total. The molecule has 4 N–H and O–H groups in total. The van der Waals surface area contributed by atoms with Gasteiger partial charge in [-0.2, -0.15) is 0 Å². The van der Waals surface area contributed by atoms with E-state index in [2.05, 4.69) is 10.6 Å². The number of hydrogen-bond donors (Lipinski definition) is 4. The third kappa shape index (κ3) is 10.3. The number of Topliss-reactive ketones (excluding diaryl/α,β-unsaturated/α-hetero) is 2. The maximum atomic E-state index is 15.7. The number of rotatable bonds is 16. The van der Waals surface area contributed by atoms with Crippen molar-refractivity contribution >= 4 is 53.2 Å². The molecule has 3 aromatic rings. The Morgan fingerprint density at radius 2 is 1.40 bits per heavy atom. The molecule has 1 aliphatic heterocycles. The molecule has 3 aromatic carbocycles. The van der Waals surface area contributed by atoms with Crippen LogP contribution in [0.1, 0.15) is 106 Å². The van der Waals surface area contributed by atoms with Gasteiger partial charge in [0.1, 0.15) is 42.3 Å². The minimum Gasteiger partial charge on any atom is -0.455 e. The second-order valence-corrected chi connectivity index (χ2v) is 19.8. The Balaban J connectivity index is 1.39. The molecule has 11 atom stereocenters. The lowest BCUT2D eigenvalue weighted by Gasteiger charge is -2.67. The number of carbonyl (C=O) groups excluding carboxylic acids is 9. The van der Waals surface area contributed by atoms with E-state index in [1.807, 2.05) is 0 Å². The molecule has 3 aliphatic carbocycles. The molecule has 1 saturated heterocycles. The molecule has 0 radical (unpaired) electrons. The van der Waals surface area contributed by atoms with Gasteiger partial charge in [0.2, 0.25) is 12.0 Å². The van der Waals surface area contributed by atoms with E-state index in [4.69, 9.17) is 28.4 Å². The van der Waals surface area contributed by atoms with Crippen LogP contribution in [0.2, 0.25) is 0 Å². The van der Waals surface area contributed by atoms with E-state index in [1.165, 1.54) is 58.9 Å². The average Bonchev–Trinajstić information content (AvgIpc) is 3.35. The standard InChI is InChI=1S/C54H60N2O17/c1-29(57)23-24-39(61)55-27-40(62)71-44(42(33-17-11-8-12-18-33)56-48(64)34-19-13-9-14-20-34)50(66)70-36-26-54(67)47(72-49(65)35-21-15-10-16-22-35)45-52(7,37(60)25-38-53(45,28-68-38)73-32(4)59)46(63)43(69-31(3)58)41(30(36)2)51(54,5)6/h8-22,36-38,42-45,47,60,67H,23-28H2,1-7H3,(H,55,61)(H,56,64)/t36-,37-,38+,42-,43+,44+,45-,47-,52+,53-,54+/m0/s1. The zero-order valence-corrected chi connectivity index (χ0v) is 41.5. The maximum Gasteiger partial charge on any atom is 0.350 e. The van der Waals surface area contributed by atoms with E-state index in [0.29, 0.717) is 0 Å². The van der Waals surface area contributed by atoms with Crippen LogP contribution >= 0.6 is 0 Å². The summed E-state index contributed by atoms with van der Waals surface area (Å²) in [5.74, 6) is -9.42. The van der Waals surface area contributed by atoms with Crippen LogP contribution in [0, 0.1) is 16.7 Å². The van der Waals surface area contributed by atoms with Crippen LogP contribution in [0.3, 0.4) is 0 Å². The lowest BCUT2D eigenvalue weighted by atomic mass is 9.44. The van der Waals surface area contributed by atoms with Crippen LogP contribution in [-0.4, -0.2) is 124 Å². The third-order valence-corrected chi connectivity index (χ3v) is 14.9. The van der Waals surface area contributed by atoms with Gasteiger partial charge in [-0.1, -0.05) is 80.6 Å². The van der Waals surface area contributed by atoms with Crippen molar-refractivity contribution in [1.82, 2.24) is 10.6 Å². The monoisotopic (exact) mass is 1010 g/mol. The van der Waals surface area contributed by atoms with E-state index in [1.54, 1.807) is 66.7 Å². The molecule has 0 unspecified atom stereocenters. The summed E-state index contributed by atoms with van der Waals surface area (Å²) in [6.45, 7) is 8.21. The fraction of sp³-hybridized carbons (Fsp3) is 0.463. The summed E-state index contributed by atoms with van der Waals surface area (Å²) in [6, 6.07) is 22.1. The highest BCUT2D eigenvalue weighted by atomic mass is 16.6. The highest BCUT2D eigenvalue weighted by molar-refractivity contribution is 5.97. The summed E-state index contributed by atoms with van der Waals surface area (Å²) in [5, 5.41) is 31.3. The minimum absolute atomic E-state index is 0.0195. The summed E-state index contributed by atoms with van der Waals surface area (Å²) in [7, 11) is 0. The minimum atomic E-state index is -2.51. The van der Waals surface area contributed by atoms with Crippen molar-refractivity contribution in [2.24, 2.45) is 16.7 Å². The zero-order chi connectivity index (χ0) is 53.2. The number of aliphatic hydroxyl groups is 2. The highest BCUT2D eigenvalue weighted by Gasteiger charge is 2.78. The Labute approximate surface area is 421 Å². The topological polar surface area (TPSA) is 274 Å². The second-order valence-electron chi connectivity index (χ2n) is 19.8. The van der Waals surface area contributed by atoms with Crippen LogP contribution in [0.4, 0.5) is 0 Å². The first-order chi connectivity index (χ1) is 34.5. The van der Waals surface area contributed by atoms with Gasteiger partial charge in [-0.05, 0) is 61.7 Å². The summed E-state index contributed by atoms with van der Waals surface area (Å²) in [6.07, 6.45) is -11.5. The SMILES string of the molecule is CC(=O)CCC(=O)NCC(=O)O[C@@H](C(=O)O[C@H]1C[C@@]2(O)[C@@H](OC(=O)c3ccccc3)[C@@H]3[C@]4(OC(C)=O)CO[C@@H]4C[C@H](O)[C@@]3(C)C(=O)[C@H](OC(C)=O)C(=C1C)C2(C)C)[C@@H](NC(=O)c1ccccc1)c1ccccc1. The predicted molar refractivity (Wildman–Crippen MR) is 254 cm³/mol. The Morgan fingerprint density at radius 1 is 0.795 bits per heavy atom. The Bertz CT molecular complexity index is 2690. The van der Waals surface area contributed by atoms with Gasteiger partial charge in [-0.25, -0.2) is 9.59 Å². The maximum absolute atomic E-state index is 15.7. The second kappa shape index (κ2) is 21.2. The summed E-state index contributed by atoms with van der Waals surface area (Å²) < 4.78 is 36.5. The average molecular weight is 1010 g/mol. The molecule has 0 spiro atoms. The van der Waals surface area contributed by atoms with Gasteiger partial charge in [-0.15, -0.1) is 0 Å². The van der Waals surface area contributed by atoms with Crippen molar-refractivity contribution in [3.63, 3.8) is 0 Å². The Hall–Kier alpha value is -7.09. The largest absolute Gasteiger partial charge is 0.455 e. The number of benzene rings is 3. The third-order valence-electron chi connectivity index (χ3n) is 14.9. The van der Waals surface area contributed by atoms with Crippen LogP contribution < -0.4 is 10.6 Å². The predicted octanol–water partition coefficient (Wildman–Crippen LogP) is 3.77. The van der Waals surface area contributed by atoms with Gasteiger partial charge in [-0.3, -0.25) is 28.8 Å². The van der Waals surface area contributed by atoms with E-state index in [-0.39, 0.29) is 59.5 Å². The van der Waals surface area contributed by atoms with Gasteiger partial charge < -0.3 is 54.1 Å². The van der Waals surface area contributed by atoms with E-state index in [0.717, 1.165) is 13.8 Å². The molecule has 0 aromatic heterocycles. The van der Waals surface area contributed by atoms with E-state index < -0.39 is 131 Å². The number of ether oxygens (including phenoxy) is 6. The van der Waals surface area contributed by atoms with Crippen molar-refractivity contribution < 1.29 is 81.8 Å². The molecule has 7 rings (SSSR count). The fourth-order valence-corrected chi connectivity index (χ4v) is 11.0. The van der Waals surface area contributed by atoms with Crippen molar-refractivity contribution in [2.75, 3.05) is 13.2 Å². The molecule has 2 saturated carbocycles. The quantitative estimate of drug-likeness (QED) is 0.0903. The fourth-order valence-electron chi connectivity index (χ4n) is 11.0. The Kier molecular flexibility index (Phi) is 15.6. The summed E-state index contributed by atoms with van der Waals surface area (Å²) >= 11 is 0. The molecule has 2 amide bonds.